The minimum Gasteiger partial charge on any atom is -0.292 e. The number of carbonyl (C=O) groups excluding carboxylic acids is 3. The Morgan fingerprint density at radius 2 is 1.36 bits per heavy atom. The normalized spacial score (nSPS) is 14.5. The summed E-state index contributed by atoms with van der Waals surface area (Å²) in [5.41, 5.74) is -2.20. The van der Waals surface area contributed by atoms with Crippen molar-refractivity contribution < 1.29 is 24.2 Å². The Morgan fingerprint density at radius 3 is 1.68 bits per heavy atom. The van der Waals surface area contributed by atoms with Crippen molar-refractivity contribution in [3.8, 4) is 0 Å². The SMILES string of the molecule is Cc1c(C(=O)CN2C(=O)CCC2=O)c(C)c([N+](=O)[O-])c(C(C)(C)C)c1[N+](=O)[O-]. The Labute approximate surface area is 160 Å². The first-order valence-electron chi connectivity index (χ1n) is 8.61. The first-order chi connectivity index (χ1) is 12.8. The van der Waals surface area contributed by atoms with Crippen LogP contribution in [0.5, 0.6) is 0 Å². The van der Waals surface area contributed by atoms with Crippen molar-refractivity contribution in [2.45, 2.75) is 52.9 Å². The Balaban J connectivity index is 2.77. The molecule has 0 unspecified atom stereocenters. The quantitative estimate of drug-likeness (QED) is 0.325. The van der Waals surface area contributed by atoms with E-state index in [0.29, 0.717) is 0 Å². The highest BCUT2D eigenvalue weighted by Gasteiger charge is 2.41. The Kier molecular flexibility index (Phi) is 5.36. The van der Waals surface area contributed by atoms with E-state index < -0.39 is 50.8 Å². The Morgan fingerprint density at radius 1 is 0.964 bits per heavy atom. The van der Waals surface area contributed by atoms with Gasteiger partial charge < -0.3 is 0 Å². The van der Waals surface area contributed by atoms with Gasteiger partial charge in [0.15, 0.2) is 5.78 Å². The van der Waals surface area contributed by atoms with Gasteiger partial charge in [-0.3, -0.25) is 39.5 Å². The Hall–Kier alpha value is -3.17. The number of likely N-dealkylation sites (tertiary alicyclic amines) is 1. The predicted molar refractivity (Wildman–Crippen MR) is 98.2 cm³/mol. The highest BCUT2D eigenvalue weighted by molar-refractivity contribution is 6.09. The summed E-state index contributed by atoms with van der Waals surface area (Å²) in [6.07, 6.45) is -0.0132. The van der Waals surface area contributed by atoms with Gasteiger partial charge in [0.05, 0.1) is 16.4 Å². The molecule has 0 aromatic heterocycles. The highest BCUT2D eigenvalue weighted by atomic mass is 16.6. The summed E-state index contributed by atoms with van der Waals surface area (Å²) in [5.74, 6) is -1.77. The lowest BCUT2D eigenvalue weighted by Crippen LogP contribution is -2.35. The maximum absolute atomic E-state index is 12.9. The van der Waals surface area contributed by atoms with E-state index >= 15 is 0 Å². The van der Waals surface area contributed by atoms with Gasteiger partial charge in [-0.15, -0.1) is 0 Å². The van der Waals surface area contributed by atoms with Gasteiger partial charge in [0.1, 0.15) is 5.56 Å². The second-order valence-corrected chi connectivity index (χ2v) is 7.76. The van der Waals surface area contributed by atoms with E-state index in [1.165, 1.54) is 13.8 Å². The van der Waals surface area contributed by atoms with Crippen LogP contribution in [0.1, 0.15) is 60.7 Å². The second-order valence-electron chi connectivity index (χ2n) is 7.76. The van der Waals surface area contributed by atoms with E-state index in [0.717, 1.165) is 4.90 Å². The lowest BCUT2D eigenvalue weighted by atomic mass is 9.79. The number of hydrogen-bond donors (Lipinski definition) is 0. The van der Waals surface area contributed by atoms with Gasteiger partial charge >= 0.3 is 0 Å². The fraction of sp³-hybridized carbons (Fsp3) is 0.500. The number of nitro benzene ring substituents is 2. The van der Waals surface area contributed by atoms with Gasteiger partial charge in [-0.05, 0) is 13.8 Å². The third-order valence-electron chi connectivity index (χ3n) is 4.78. The van der Waals surface area contributed by atoms with Gasteiger partial charge in [0.2, 0.25) is 11.8 Å². The van der Waals surface area contributed by atoms with Gasteiger partial charge in [0.25, 0.3) is 11.4 Å². The van der Waals surface area contributed by atoms with Crippen molar-refractivity contribution in [2.24, 2.45) is 0 Å². The predicted octanol–water partition coefficient (Wildman–Crippen LogP) is 2.75. The molecule has 28 heavy (non-hydrogen) atoms. The summed E-state index contributed by atoms with van der Waals surface area (Å²) < 4.78 is 0. The maximum Gasteiger partial charge on any atom is 0.283 e. The van der Waals surface area contributed by atoms with Crippen LogP contribution in [-0.2, 0) is 15.0 Å². The van der Waals surface area contributed by atoms with Crippen LogP contribution in [0.15, 0.2) is 0 Å². The molecule has 1 fully saturated rings. The van der Waals surface area contributed by atoms with Crippen molar-refractivity contribution in [3.63, 3.8) is 0 Å². The molecule has 0 spiro atoms. The molecular weight excluding hydrogens is 370 g/mol. The van der Waals surface area contributed by atoms with Gasteiger partial charge in [-0.1, -0.05) is 20.8 Å². The zero-order valence-corrected chi connectivity index (χ0v) is 16.3. The molecule has 150 valence electrons. The number of amides is 2. The molecule has 1 aliphatic rings. The van der Waals surface area contributed by atoms with Crippen LogP contribution in [0.2, 0.25) is 0 Å². The minimum atomic E-state index is -0.928. The number of nitrogens with zero attached hydrogens (tertiary/aromatic N) is 3. The monoisotopic (exact) mass is 391 g/mol. The van der Waals surface area contributed by atoms with Crippen molar-refractivity contribution in [1.82, 2.24) is 4.90 Å². The van der Waals surface area contributed by atoms with Crippen LogP contribution in [0.3, 0.4) is 0 Å². The van der Waals surface area contributed by atoms with E-state index in [9.17, 15) is 34.6 Å². The third kappa shape index (κ3) is 3.49. The molecule has 2 amide bonds. The lowest BCUT2D eigenvalue weighted by Gasteiger charge is -2.23. The number of carbonyl (C=O) groups is 3. The number of hydrogen-bond acceptors (Lipinski definition) is 7. The molecule has 1 aliphatic heterocycles. The highest BCUT2D eigenvalue weighted by Crippen LogP contribution is 2.44. The lowest BCUT2D eigenvalue weighted by molar-refractivity contribution is -0.397. The first kappa shape index (κ1) is 21.1. The molecule has 0 aliphatic carbocycles. The third-order valence-corrected chi connectivity index (χ3v) is 4.78. The summed E-state index contributed by atoms with van der Waals surface area (Å²) in [4.78, 5) is 59.3. The zero-order valence-electron chi connectivity index (χ0n) is 16.3. The molecule has 0 bridgehead atoms. The Bertz CT molecular complexity index is 871. The number of benzene rings is 1. The van der Waals surface area contributed by atoms with E-state index in [4.69, 9.17) is 0 Å². The van der Waals surface area contributed by atoms with Crippen molar-refractivity contribution in [3.05, 3.63) is 42.5 Å². The molecule has 10 heteroatoms. The van der Waals surface area contributed by atoms with Crippen LogP contribution in [0, 0.1) is 34.1 Å². The molecule has 0 N–H and O–H groups in total. The summed E-state index contributed by atoms with van der Waals surface area (Å²) in [6, 6.07) is 0. The number of nitro groups is 2. The van der Waals surface area contributed by atoms with E-state index in [1.807, 2.05) is 0 Å². The van der Waals surface area contributed by atoms with E-state index in [1.54, 1.807) is 20.8 Å². The van der Waals surface area contributed by atoms with Gasteiger partial charge in [-0.25, -0.2) is 0 Å². The number of Topliss-reactive ketones (excluding diaryl/α,β-unsaturated/α-hetero) is 1. The average Bonchev–Trinajstić information content (AvgIpc) is 2.84. The van der Waals surface area contributed by atoms with Crippen LogP contribution >= 0.6 is 0 Å². The molecule has 0 saturated carbocycles. The maximum atomic E-state index is 12.9. The topological polar surface area (TPSA) is 141 Å². The van der Waals surface area contributed by atoms with E-state index in [-0.39, 0.29) is 35.1 Å². The molecule has 1 aromatic rings. The van der Waals surface area contributed by atoms with Crippen LogP contribution < -0.4 is 0 Å². The number of rotatable bonds is 5. The molecule has 0 radical (unpaired) electrons. The fourth-order valence-electron chi connectivity index (χ4n) is 3.61. The molecule has 1 aromatic carbocycles. The summed E-state index contributed by atoms with van der Waals surface area (Å²) in [5, 5.41) is 23.5. The van der Waals surface area contributed by atoms with Crippen molar-refractivity contribution in [1.29, 1.82) is 0 Å². The number of imide groups is 1. The molecule has 2 rings (SSSR count). The van der Waals surface area contributed by atoms with Crippen LogP contribution in [0.4, 0.5) is 11.4 Å². The first-order valence-corrected chi connectivity index (χ1v) is 8.61. The molecule has 10 nitrogen and oxygen atoms in total. The summed E-state index contributed by atoms with van der Waals surface area (Å²) >= 11 is 0. The van der Waals surface area contributed by atoms with Crippen molar-refractivity contribution >= 4 is 29.0 Å². The van der Waals surface area contributed by atoms with Crippen LogP contribution in [-0.4, -0.2) is 38.9 Å². The smallest absolute Gasteiger partial charge is 0.283 e. The fourth-order valence-corrected chi connectivity index (χ4v) is 3.61. The summed E-state index contributed by atoms with van der Waals surface area (Å²) in [7, 11) is 0. The average molecular weight is 391 g/mol. The summed E-state index contributed by atoms with van der Waals surface area (Å²) in [6.45, 7) is 6.96. The zero-order chi connectivity index (χ0) is 21.5. The molecule has 1 saturated heterocycles. The largest absolute Gasteiger partial charge is 0.292 e. The minimum absolute atomic E-state index is 0.00661. The molecule has 0 atom stereocenters. The van der Waals surface area contributed by atoms with E-state index in [2.05, 4.69) is 0 Å². The molecule has 1 heterocycles. The van der Waals surface area contributed by atoms with Gasteiger partial charge in [-0.2, -0.15) is 0 Å². The molecular formula is C18H21N3O7. The van der Waals surface area contributed by atoms with Crippen LogP contribution in [0.25, 0.3) is 0 Å². The van der Waals surface area contributed by atoms with Gasteiger partial charge in [0, 0.05) is 34.9 Å². The standard InChI is InChI=1S/C18H21N3O7/c1-9-14(11(22)8-19-12(23)6-7-13(19)24)10(2)17(21(27)28)15(18(3,4)5)16(9)20(25)26/h6-8H2,1-5H3. The van der Waals surface area contributed by atoms with Crippen molar-refractivity contribution in [2.75, 3.05) is 6.54 Å². The number of ketones is 1. The second kappa shape index (κ2) is 7.10.